The summed E-state index contributed by atoms with van der Waals surface area (Å²) >= 11 is 0. The average Bonchev–Trinajstić information content (AvgIpc) is 2.99. The van der Waals surface area contributed by atoms with Crippen molar-refractivity contribution in [3.63, 3.8) is 0 Å². The number of hydrogen-bond donors (Lipinski definition) is 0. The maximum Gasteiger partial charge on any atom is 0.347 e. The lowest BCUT2D eigenvalue weighted by molar-refractivity contribution is -0.134. The van der Waals surface area contributed by atoms with E-state index in [0.29, 0.717) is 22.6 Å². The van der Waals surface area contributed by atoms with Gasteiger partial charge in [-0.05, 0) is 36.8 Å². The van der Waals surface area contributed by atoms with Crippen LogP contribution in [0.4, 0.5) is 0 Å². The molecule has 0 spiro atoms. The van der Waals surface area contributed by atoms with Crippen molar-refractivity contribution in [3.8, 4) is 11.5 Å². The summed E-state index contributed by atoms with van der Waals surface area (Å²) in [6.45, 7) is 1.68. The Bertz CT molecular complexity index is 741. The highest BCUT2D eigenvalue weighted by Crippen LogP contribution is 2.29. The lowest BCUT2D eigenvalue weighted by atomic mass is 10.2. The Labute approximate surface area is 133 Å². The molecule has 0 atom stereocenters. The van der Waals surface area contributed by atoms with Crippen LogP contribution in [0.5, 0.6) is 11.5 Å². The van der Waals surface area contributed by atoms with E-state index in [1.807, 2.05) is 0 Å². The second-order valence-electron chi connectivity index (χ2n) is 4.55. The summed E-state index contributed by atoms with van der Waals surface area (Å²) in [4.78, 5) is 23.2. The highest BCUT2D eigenvalue weighted by atomic mass is 16.6. The maximum absolute atomic E-state index is 12.1. The molecular weight excluding hydrogens is 300 g/mol. The number of methoxy groups -OCH3 is 2. The van der Waals surface area contributed by atoms with Gasteiger partial charge in [0.15, 0.2) is 11.5 Å². The van der Waals surface area contributed by atoms with Crippen molar-refractivity contribution >= 4 is 18.0 Å². The van der Waals surface area contributed by atoms with E-state index in [0.717, 1.165) is 0 Å². The van der Waals surface area contributed by atoms with Gasteiger partial charge in [0.25, 0.3) is 0 Å². The summed E-state index contributed by atoms with van der Waals surface area (Å²) in [5.74, 6) is 0.119. The van der Waals surface area contributed by atoms with Gasteiger partial charge in [0.05, 0.1) is 20.5 Å². The quantitative estimate of drug-likeness (QED) is 0.479. The van der Waals surface area contributed by atoms with Gasteiger partial charge in [-0.25, -0.2) is 9.59 Å². The van der Waals surface area contributed by atoms with Crippen molar-refractivity contribution in [2.45, 2.75) is 6.92 Å². The molecule has 6 nitrogen and oxygen atoms in total. The zero-order chi connectivity index (χ0) is 16.8. The SMILES string of the molecule is COC(=O)C=Cc1ccc(OC(=O)c2ccoc2C)c(OC)c1. The van der Waals surface area contributed by atoms with E-state index in [1.54, 1.807) is 31.2 Å². The Morgan fingerprint density at radius 2 is 1.91 bits per heavy atom. The van der Waals surface area contributed by atoms with Crippen LogP contribution in [0.15, 0.2) is 41.0 Å². The molecule has 0 aliphatic carbocycles. The summed E-state index contributed by atoms with van der Waals surface area (Å²) in [6, 6.07) is 6.46. The number of carbonyl (C=O) groups excluding carboxylic acids is 2. The fourth-order valence-electron chi connectivity index (χ4n) is 1.86. The molecule has 1 aromatic carbocycles. The number of furan rings is 1. The van der Waals surface area contributed by atoms with Gasteiger partial charge in [0.2, 0.25) is 0 Å². The van der Waals surface area contributed by atoms with Crippen LogP contribution < -0.4 is 9.47 Å². The molecule has 0 aliphatic heterocycles. The largest absolute Gasteiger partial charge is 0.493 e. The standard InChI is InChI=1S/C17H16O6/c1-11-13(8-9-22-11)17(19)23-14-6-4-12(10-15(14)20-2)5-7-16(18)21-3/h4-10H,1-3H3. The highest BCUT2D eigenvalue weighted by molar-refractivity contribution is 5.92. The molecule has 0 radical (unpaired) electrons. The number of aryl methyl sites for hydroxylation is 1. The van der Waals surface area contributed by atoms with E-state index >= 15 is 0 Å². The molecular formula is C17H16O6. The zero-order valence-electron chi connectivity index (χ0n) is 13.0. The second-order valence-corrected chi connectivity index (χ2v) is 4.55. The number of ether oxygens (including phenoxy) is 3. The molecule has 0 saturated heterocycles. The zero-order valence-corrected chi connectivity index (χ0v) is 13.0. The molecule has 0 N–H and O–H groups in total. The van der Waals surface area contributed by atoms with Crippen LogP contribution in [0.2, 0.25) is 0 Å². The van der Waals surface area contributed by atoms with E-state index in [4.69, 9.17) is 13.9 Å². The third-order valence-electron chi connectivity index (χ3n) is 3.08. The fraction of sp³-hybridized carbons (Fsp3) is 0.176. The van der Waals surface area contributed by atoms with Crippen molar-refractivity contribution in [1.29, 1.82) is 0 Å². The average molecular weight is 316 g/mol. The molecule has 0 unspecified atom stereocenters. The van der Waals surface area contributed by atoms with Crippen LogP contribution in [0.1, 0.15) is 21.7 Å². The third-order valence-corrected chi connectivity index (χ3v) is 3.08. The fourth-order valence-corrected chi connectivity index (χ4v) is 1.86. The summed E-state index contributed by atoms with van der Waals surface area (Å²) in [6.07, 6.45) is 4.28. The van der Waals surface area contributed by atoms with Crippen LogP contribution >= 0.6 is 0 Å². The highest BCUT2D eigenvalue weighted by Gasteiger charge is 2.16. The predicted octanol–water partition coefficient (Wildman–Crippen LogP) is 3.00. The van der Waals surface area contributed by atoms with Gasteiger partial charge in [-0.2, -0.15) is 0 Å². The first-order chi connectivity index (χ1) is 11.0. The Balaban J connectivity index is 2.20. The van der Waals surface area contributed by atoms with Gasteiger partial charge < -0.3 is 18.6 Å². The van der Waals surface area contributed by atoms with Crippen molar-refractivity contribution < 1.29 is 28.2 Å². The van der Waals surface area contributed by atoms with Crippen LogP contribution in [0.3, 0.4) is 0 Å². The van der Waals surface area contributed by atoms with Crippen molar-refractivity contribution in [2.24, 2.45) is 0 Å². The molecule has 2 rings (SSSR count). The van der Waals surface area contributed by atoms with E-state index < -0.39 is 11.9 Å². The van der Waals surface area contributed by atoms with Gasteiger partial charge in [-0.3, -0.25) is 0 Å². The minimum atomic E-state index is -0.535. The number of esters is 2. The van der Waals surface area contributed by atoms with Gasteiger partial charge in [0, 0.05) is 6.08 Å². The predicted molar refractivity (Wildman–Crippen MR) is 82.4 cm³/mol. The minimum Gasteiger partial charge on any atom is -0.493 e. The van der Waals surface area contributed by atoms with Crippen molar-refractivity contribution in [2.75, 3.05) is 14.2 Å². The molecule has 120 valence electrons. The summed E-state index contributed by atoms with van der Waals surface area (Å²) in [5.41, 5.74) is 1.05. The van der Waals surface area contributed by atoms with Crippen LogP contribution in [-0.4, -0.2) is 26.2 Å². The number of carbonyl (C=O) groups is 2. The number of rotatable bonds is 5. The van der Waals surface area contributed by atoms with Crippen molar-refractivity contribution in [3.05, 3.63) is 53.5 Å². The minimum absolute atomic E-state index is 0.272. The lowest BCUT2D eigenvalue weighted by Gasteiger charge is -2.09. The summed E-state index contributed by atoms with van der Waals surface area (Å²) in [7, 11) is 2.76. The van der Waals surface area contributed by atoms with Gasteiger partial charge in [-0.15, -0.1) is 0 Å². The molecule has 23 heavy (non-hydrogen) atoms. The van der Waals surface area contributed by atoms with E-state index in [2.05, 4.69) is 4.74 Å². The second kappa shape index (κ2) is 7.31. The number of benzene rings is 1. The Morgan fingerprint density at radius 1 is 1.13 bits per heavy atom. The molecule has 0 fully saturated rings. The smallest absolute Gasteiger partial charge is 0.347 e. The first-order valence-corrected chi connectivity index (χ1v) is 6.75. The van der Waals surface area contributed by atoms with E-state index in [1.165, 1.54) is 32.6 Å². The van der Waals surface area contributed by atoms with E-state index in [9.17, 15) is 9.59 Å². The topological polar surface area (TPSA) is 75.0 Å². The summed E-state index contributed by atoms with van der Waals surface area (Å²) in [5, 5.41) is 0. The van der Waals surface area contributed by atoms with Gasteiger partial charge in [-0.1, -0.05) is 6.07 Å². The normalized spacial score (nSPS) is 10.6. The molecule has 0 bridgehead atoms. The molecule has 6 heteroatoms. The van der Waals surface area contributed by atoms with Gasteiger partial charge >= 0.3 is 11.9 Å². The Hall–Kier alpha value is -3.02. The monoisotopic (exact) mass is 316 g/mol. The van der Waals surface area contributed by atoms with Crippen LogP contribution in [0, 0.1) is 6.92 Å². The Kier molecular flexibility index (Phi) is 5.19. The van der Waals surface area contributed by atoms with Crippen LogP contribution in [0.25, 0.3) is 6.08 Å². The first-order valence-electron chi connectivity index (χ1n) is 6.75. The third kappa shape index (κ3) is 4.00. The lowest BCUT2D eigenvalue weighted by Crippen LogP contribution is -2.09. The molecule has 1 heterocycles. The molecule has 0 amide bonds. The van der Waals surface area contributed by atoms with Gasteiger partial charge in [0.1, 0.15) is 11.3 Å². The summed E-state index contributed by atoms with van der Waals surface area (Å²) < 4.78 is 20.1. The maximum atomic E-state index is 12.1. The first kappa shape index (κ1) is 16.4. The molecule has 0 aliphatic rings. The van der Waals surface area contributed by atoms with E-state index in [-0.39, 0.29) is 5.75 Å². The van der Waals surface area contributed by atoms with Crippen LogP contribution in [-0.2, 0) is 9.53 Å². The molecule has 2 aromatic rings. The molecule has 0 saturated carbocycles. The molecule has 1 aromatic heterocycles. The van der Waals surface area contributed by atoms with Crippen molar-refractivity contribution in [1.82, 2.24) is 0 Å². The number of hydrogen-bond acceptors (Lipinski definition) is 6. The Morgan fingerprint density at radius 3 is 2.52 bits per heavy atom.